The zero-order chi connectivity index (χ0) is 17.3. The zero-order valence-electron chi connectivity index (χ0n) is 14.6. The average molecular weight is 358 g/mol. The van der Waals surface area contributed by atoms with Crippen molar-refractivity contribution < 1.29 is 13.2 Å². The van der Waals surface area contributed by atoms with Gasteiger partial charge in [-0.25, -0.2) is 12.7 Å². The van der Waals surface area contributed by atoms with Gasteiger partial charge in [0.25, 0.3) is 0 Å². The summed E-state index contributed by atoms with van der Waals surface area (Å²) in [5.74, 6) is 1.73. The van der Waals surface area contributed by atoms with Gasteiger partial charge in [0.05, 0.1) is 6.26 Å². The lowest BCUT2D eigenvalue weighted by Gasteiger charge is -2.43. The fourth-order valence-electron chi connectivity index (χ4n) is 4.84. The normalized spacial score (nSPS) is 35.6. The van der Waals surface area contributed by atoms with E-state index >= 15 is 0 Å². The van der Waals surface area contributed by atoms with Gasteiger partial charge in [0, 0.05) is 31.6 Å². The van der Waals surface area contributed by atoms with Crippen LogP contribution in [0.3, 0.4) is 0 Å². The predicted molar refractivity (Wildman–Crippen MR) is 93.7 cm³/mol. The fourth-order valence-corrected chi connectivity index (χ4v) is 5.71. The van der Waals surface area contributed by atoms with Crippen LogP contribution in [0.5, 0.6) is 0 Å². The highest BCUT2D eigenvalue weighted by atomic mass is 32.2. The molecule has 2 atom stereocenters. The van der Waals surface area contributed by atoms with Crippen LogP contribution in [0, 0.1) is 23.7 Å². The van der Waals surface area contributed by atoms with Crippen molar-refractivity contribution >= 4 is 15.9 Å². The molecule has 1 saturated heterocycles. The molecule has 3 aliphatic rings. The molecule has 0 radical (unpaired) electrons. The minimum atomic E-state index is -3.08. The summed E-state index contributed by atoms with van der Waals surface area (Å²) in [5, 5.41) is 3.13. The number of fused-ring (bicyclic) bond motifs is 2. The number of nitrogens with one attached hydrogen (secondary N) is 1. The lowest BCUT2D eigenvalue weighted by Crippen LogP contribution is -2.49. The fraction of sp³-hybridized carbons (Fsp3) is 0.941. The Morgan fingerprint density at radius 2 is 1.71 bits per heavy atom. The summed E-state index contributed by atoms with van der Waals surface area (Å²) in [6.45, 7) is 1.82. The summed E-state index contributed by atoms with van der Waals surface area (Å²) in [7, 11) is -3.08. The third-order valence-electron chi connectivity index (χ3n) is 6.39. The van der Waals surface area contributed by atoms with E-state index < -0.39 is 10.0 Å². The van der Waals surface area contributed by atoms with Gasteiger partial charge in [-0.15, -0.1) is 0 Å². The number of rotatable bonds is 4. The van der Waals surface area contributed by atoms with Crippen molar-refractivity contribution in [2.24, 2.45) is 29.4 Å². The Morgan fingerprint density at radius 1 is 1.12 bits per heavy atom. The molecule has 3 N–H and O–H groups in total. The maximum Gasteiger partial charge on any atom is 0.223 e. The number of hydrogen-bond donors (Lipinski definition) is 2. The minimum Gasteiger partial charge on any atom is -0.356 e. The van der Waals surface area contributed by atoms with Crippen molar-refractivity contribution in [3.63, 3.8) is 0 Å². The summed E-state index contributed by atoms with van der Waals surface area (Å²) >= 11 is 0. The Hall–Kier alpha value is -0.660. The maximum absolute atomic E-state index is 12.5. The van der Waals surface area contributed by atoms with Crippen LogP contribution in [0.1, 0.15) is 44.9 Å². The Bertz CT molecular complexity index is 543. The second-order valence-corrected chi connectivity index (χ2v) is 10.0. The zero-order valence-corrected chi connectivity index (χ0v) is 15.4. The van der Waals surface area contributed by atoms with Gasteiger partial charge in [0.2, 0.25) is 15.9 Å². The molecule has 2 unspecified atom stereocenters. The molecular formula is C17H31N3O3S. The highest BCUT2D eigenvalue weighted by Gasteiger charge is 2.40. The van der Waals surface area contributed by atoms with Crippen LogP contribution >= 0.6 is 0 Å². The van der Waals surface area contributed by atoms with Crippen molar-refractivity contribution in [2.45, 2.75) is 51.0 Å². The van der Waals surface area contributed by atoms with Gasteiger partial charge >= 0.3 is 0 Å². The second kappa shape index (κ2) is 7.30. The highest BCUT2D eigenvalue weighted by Crippen LogP contribution is 2.41. The first kappa shape index (κ1) is 18.1. The van der Waals surface area contributed by atoms with Crippen LogP contribution in [0.4, 0.5) is 0 Å². The van der Waals surface area contributed by atoms with Crippen molar-refractivity contribution in [1.82, 2.24) is 9.62 Å². The summed E-state index contributed by atoms with van der Waals surface area (Å²) in [4.78, 5) is 12.5. The van der Waals surface area contributed by atoms with Crippen molar-refractivity contribution in [1.29, 1.82) is 0 Å². The van der Waals surface area contributed by atoms with Crippen molar-refractivity contribution in [2.75, 3.05) is 25.9 Å². The van der Waals surface area contributed by atoms with Crippen LogP contribution in [0.25, 0.3) is 0 Å². The van der Waals surface area contributed by atoms with Crippen LogP contribution in [0.2, 0.25) is 0 Å². The van der Waals surface area contributed by atoms with E-state index in [1.165, 1.54) is 29.8 Å². The molecule has 1 aliphatic heterocycles. The maximum atomic E-state index is 12.5. The number of carbonyl (C=O) groups is 1. The number of carbonyl (C=O) groups excluding carboxylic acids is 1. The third-order valence-corrected chi connectivity index (χ3v) is 7.69. The topological polar surface area (TPSA) is 92.5 Å². The number of hydrogen-bond acceptors (Lipinski definition) is 4. The average Bonchev–Trinajstić information content (AvgIpc) is 2.52. The molecule has 138 valence electrons. The number of amides is 1. The molecule has 24 heavy (non-hydrogen) atoms. The van der Waals surface area contributed by atoms with Crippen LogP contribution < -0.4 is 11.1 Å². The second-order valence-electron chi connectivity index (χ2n) is 8.05. The van der Waals surface area contributed by atoms with Crippen molar-refractivity contribution in [3.05, 3.63) is 0 Å². The molecule has 0 aromatic carbocycles. The molecule has 1 heterocycles. The summed E-state index contributed by atoms with van der Waals surface area (Å²) < 4.78 is 24.6. The molecule has 0 aromatic heterocycles. The van der Waals surface area contributed by atoms with Gasteiger partial charge in [-0.1, -0.05) is 6.42 Å². The Balaban J connectivity index is 1.44. The highest BCUT2D eigenvalue weighted by molar-refractivity contribution is 7.88. The molecule has 2 saturated carbocycles. The number of nitrogens with two attached hydrogens (primary N) is 1. The SMILES string of the molecule is CS(=O)(=O)N1CCC(CNC(=O)C2CC3CCCC(C2)C3N)CC1. The number of nitrogens with zero attached hydrogens (tertiary/aromatic N) is 1. The Kier molecular flexibility index (Phi) is 5.52. The van der Waals surface area contributed by atoms with E-state index in [1.807, 2.05) is 0 Å². The van der Waals surface area contributed by atoms with Gasteiger partial charge in [-0.2, -0.15) is 0 Å². The van der Waals surface area contributed by atoms with Gasteiger partial charge < -0.3 is 11.1 Å². The van der Waals surface area contributed by atoms with Crippen molar-refractivity contribution in [3.8, 4) is 0 Å². The molecule has 2 bridgehead atoms. The molecular weight excluding hydrogens is 326 g/mol. The van der Waals surface area contributed by atoms with Crippen LogP contribution in [-0.2, 0) is 14.8 Å². The summed E-state index contributed by atoms with van der Waals surface area (Å²) in [6.07, 6.45) is 8.40. The molecule has 6 nitrogen and oxygen atoms in total. The van der Waals surface area contributed by atoms with E-state index in [4.69, 9.17) is 5.73 Å². The predicted octanol–water partition coefficient (Wildman–Crippen LogP) is 0.928. The standard InChI is InChI=1S/C17H31N3O3S/c1-24(22,23)20-7-5-12(6-8-20)11-19-17(21)15-9-13-3-2-4-14(10-15)16(13)18/h12-16H,2-11,18H2,1H3,(H,19,21). The smallest absolute Gasteiger partial charge is 0.223 e. The monoisotopic (exact) mass is 357 g/mol. The van der Waals surface area contributed by atoms with E-state index in [0.717, 1.165) is 25.7 Å². The number of sulfonamides is 1. The van der Waals surface area contributed by atoms with Crippen LogP contribution in [0.15, 0.2) is 0 Å². The summed E-state index contributed by atoms with van der Waals surface area (Å²) in [5.41, 5.74) is 6.30. The molecule has 1 amide bonds. The van der Waals surface area contributed by atoms with E-state index in [1.54, 1.807) is 0 Å². The molecule has 0 aromatic rings. The molecule has 0 spiro atoms. The quantitative estimate of drug-likeness (QED) is 0.783. The van der Waals surface area contributed by atoms with Crippen LogP contribution in [-0.4, -0.2) is 50.6 Å². The van der Waals surface area contributed by atoms with E-state index in [9.17, 15) is 13.2 Å². The summed E-state index contributed by atoms with van der Waals surface area (Å²) in [6, 6.07) is 0.295. The third kappa shape index (κ3) is 4.11. The first-order chi connectivity index (χ1) is 11.3. The lowest BCUT2D eigenvalue weighted by atomic mass is 9.65. The van der Waals surface area contributed by atoms with Gasteiger partial charge in [0.15, 0.2) is 0 Å². The molecule has 2 aliphatic carbocycles. The van der Waals surface area contributed by atoms with E-state index in [0.29, 0.717) is 43.4 Å². The molecule has 3 rings (SSSR count). The van der Waals surface area contributed by atoms with E-state index in [2.05, 4.69) is 5.32 Å². The first-order valence-electron chi connectivity index (χ1n) is 9.33. The Labute approximate surface area is 145 Å². The molecule has 3 fully saturated rings. The van der Waals surface area contributed by atoms with E-state index in [-0.39, 0.29) is 11.8 Å². The van der Waals surface area contributed by atoms with Gasteiger partial charge in [0.1, 0.15) is 0 Å². The minimum absolute atomic E-state index is 0.121. The first-order valence-corrected chi connectivity index (χ1v) is 11.2. The Morgan fingerprint density at radius 3 is 2.25 bits per heavy atom. The molecule has 7 heteroatoms. The van der Waals surface area contributed by atoms with Gasteiger partial charge in [-0.05, 0) is 56.3 Å². The van der Waals surface area contributed by atoms with Gasteiger partial charge in [-0.3, -0.25) is 4.79 Å². The largest absolute Gasteiger partial charge is 0.356 e. The lowest BCUT2D eigenvalue weighted by molar-refractivity contribution is -0.128. The number of piperidine rings is 1.